The third-order valence-corrected chi connectivity index (χ3v) is 9.77. The Balaban J connectivity index is 1.18. The number of benzene rings is 4. The third kappa shape index (κ3) is 7.47. The predicted octanol–water partition coefficient (Wildman–Crippen LogP) is 9.35. The number of amides is 2. The van der Waals surface area contributed by atoms with Crippen LogP contribution in [0.3, 0.4) is 0 Å². The number of carbonyl (C=O) groups excluding carboxylic acids is 1. The Morgan fingerprint density at radius 2 is 1.61 bits per heavy atom. The second-order valence-electron chi connectivity index (χ2n) is 13.0. The molecule has 0 atom stereocenters. The van der Waals surface area contributed by atoms with Crippen molar-refractivity contribution in [2.45, 2.75) is 49.1 Å². The van der Waals surface area contributed by atoms with Crippen LogP contribution in [0.5, 0.6) is 5.75 Å². The molecule has 0 saturated carbocycles. The van der Waals surface area contributed by atoms with E-state index in [2.05, 4.69) is 31.0 Å². The standard InChI is InChI=1S/C40H36ClN7O2S/c1-40(2,3)35-23-37(48(45-35)29-17-19-30(20-18-29)50-26-27-11-5-4-6-12-27)47(39(42)49)24-28-13-7-10-16-34(28)51-31-21-22-36-43-44-38(46(36)25-31)32-14-8-9-15-33(32)41/h4-23,25H,24,26H2,1-3H3,(H2,42,49). The van der Waals surface area contributed by atoms with Crippen LogP contribution < -0.4 is 15.4 Å². The highest BCUT2D eigenvalue weighted by molar-refractivity contribution is 7.99. The van der Waals surface area contributed by atoms with Crippen LogP contribution >= 0.6 is 23.4 Å². The van der Waals surface area contributed by atoms with Crippen LogP contribution in [-0.2, 0) is 18.6 Å². The molecule has 9 nitrogen and oxygen atoms in total. The molecule has 0 saturated heterocycles. The Kier molecular flexibility index (Phi) is 9.53. The molecular formula is C40H36ClN7O2S. The van der Waals surface area contributed by atoms with Crippen LogP contribution in [-0.4, -0.2) is 30.4 Å². The summed E-state index contributed by atoms with van der Waals surface area (Å²) in [4.78, 5) is 16.8. The number of carbonyl (C=O) groups is 1. The number of fused-ring (bicyclic) bond motifs is 1. The van der Waals surface area contributed by atoms with E-state index in [-0.39, 0.29) is 12.0 Å². The number of nitrogens with two attached hydrogens (primary N) is 1. The zero-order valence-electron chi connectivity index (χ0n) is 28.4. The summed E-state index contributed by atoms with van der Waals surface area (Å²) in [5, 5.41) is 14.3. The number of nitrogens with zero attached hydrogens (tertiary/aromatic N) is 6. The fourth-order valence-corrected chi connectivity index (χ4v) is 6.78. The first-order valence-electron chi connectivity index (χ1n) is 16.4. The van der Waals surface area contributed by atoms with E-state index in [9.17, 15) is 4.79 Å². The lowest BCUT2D eigenvalue weighted by Crippen LogP contribution is -2.36. The monoisotopic (exact) mass is 713 g/mol. The molecule has 0 aliphatic carbocycles. The van der Waals surface area contributed by atoms with Gasteiger partial charge in [0.25, 0.3) is 0 Å². The van der Waals surface area contributed by atoms with E-state index in [1.54, 1.807) is 21.3 Å². The summed E-state index contributed by atoms with van der Waals surface area (Å²) in [7, 11) is 0. The van der Waals surface area contributed by atoms with E-state index in [1.165, 1.54) is 0 Å². The molecule has 3 aromatic heterocycles. The summed E-state index contributed by atoms with van der Waals surface area (Å²) in [6.07, 6.45) is 2.00. The Bertz CT molecular complexity index is 2310. The largest absolute Gasteiger partial charge is 0.489 e. The van der Waals surface area contributed by atoms with Gasteiger partial charge in [-0.3, -0.25) is 9.30 Å². The molecule has 0 fully saturated rings. The van der Waals surface area contributed by atoms with Crippen molar-refractivity contribution in [3.8, 4) is 22.8 Å². The summed E-state index contributed by atoms with van der Waals surface area (Å²) >= 11 is 8.09. The number of hydrogen-bond donors (Lipinski definition) is 1. The highest BCUT2D eigenvalue weighted by atomic mass is 35.5. The van der Waals surface area contributed by atoms with Crippen molar-refractivity contribution in [3.63, 3.8) is 0 Å². The molecule has 11 heteroatoms. The van der Waals surface area contributed by atoms with Crippen LogP contribution in [0.1, 0.15) is 37.6 Å². The maximum absolute atomic E-state index is 13.3. The number of halogens is 1. The molecule has 256 valence electrons. The molecule has 2 amide bonds. The number of hydrogen-bond acceptors (Lipinski definition) is 6. The van der Waals surface area contributed by atoms with Gasteiger partial charge in [-0.2, -0.15) is 5.10 Å². The first-order valence-corrected chi connectivity index (χ1v) is 17.6. The zero-order valence-corrected chi connectivity index (χ0v) is 30.0. The molecule has 0 radical (unpaired) electrons. The first kappa shape index (κ1) is 33.9. The number of urea groups is 1. The first-order chi connectivity index (χ1) is 24.6. The number of primary amides is 1. The average molecular weight is 714 g/mol. The van der Waals surface area contributed by atoms with Gasteiger partial charge in [0.15, 0.2) is 11.5 Å². The third-order valence-electron chi connectivity index (χ3n) is 8.35. The number of aromatic nitrogens is 5. The minimum atomic E-state index is -0.588. The van der Waals surface area contributed by atoms with E-state index < -0.39 is 6.03 Å². The van der Waals surface area contributed by atoms with Gasteiger partial charge in [0.05, 0.1) is 22.9 Å². The van der Waals surface area contributed by atoms with Crippen molar-refractivity contribution in [1.82, 2.24) is 24.4 Å². The highest BCUT2D eigenvalue weighted by Crippen LogP contribution is 2.35. The molecule has 7 aromatic rings. The normalized spacial score (nSPS) is 11.5. The molecule has 7 rings (SSSR count). The smallest absolute Gasteiger partial charge is 0.320 e. The minimum Gasteiger partial charge on any atom is -0.489 e. The Morgan fingerprint density at radius 3 is 2.35 bits per heavy atom. The summed E-state index contributed by atoms with van der Waals surface area (Å²) in [5.74, 6) is 1.96. The summed E-state index contributed by atoms with van der Waals surface area (Å²) < 4.78 is 9.73. The summed E-state index contributed by atoms with van der Waals surface area (Å²) in [5.41, 5.74) is 11.0. The van der Waals surface area contributed by atoms with Gasteiger partial charge in [0, 0.05) is 33.0 Å². The van der Waals surface area contributed by atoms with Crippen molar-refractivity contribution in [1.29, 1.82) is 0 Å². The van der Waals surface area contributed by atoms with Crippen molar-refractivity contribution in [2.75, 3.05) is 4.90 Å². The van der Waals surface area contributed by atoms with Crippen LogP contribution in [0, 0.1) is 0 Å². The molecule has 51 heavy (non-hydrogen) atoms. The SMILES string of the molecule is CC(C)(C)c1cc(N(Cc2ccccc2Sc2ccc3nnc(-c4ccccc4Cl)n3c2)C(N)=O)n(-c2ccc(OCc3ccccc3)cc2)n1. The van der Waals surface area contributed by atoms with Crippen LogP contribution in [0.25, 0.3) is 22.7 Å². The van der Waals surface area contributed by atoms with Crippen molar-refractivity contribution in [2.24, 2.45) is 5.73 Å². The molecule has 3 heterocycles. The van der Waals surface area contributed by atoms with E-state index in [0.29, 0.717) is 28.9 Å². The molecule has 0 unspecified atom stereocenters. The topological polar surface area (TPSA) is 104 Å². The molecule has 0 aliphatic heterocycles. The van der Waals surface area contributed by atoms with Gasteiger partial charge >= 0.3 is 6.03 Å². The van der Waals surface area contributed by atoms with Gasteiger partial charge in [0.2, 0.25) is 0 Å². The molecule has 0 aliphatic rings. The lowest BCUT2D eigenvalue weighted by molar-refractivity contribution is 0.253. The predicted molar refractivity (Wildman–Crippen MR) is 203 cm³/mol. The van der Waals surface area contributed by atoms with E-state index >= 15 is 0 Å². The lowest BCUT2D eigenvalue weighted by Gasteiger charge is -2.23. The van der Waals surface area contributed by atoms with E-state index in [1.807, 2.05) is 132 Å². The second kappa shape index (κ2) is 14.3. The Morgan fingerprint density at radius 1 is 0.882 bits per heavy atom. The molecule has 4 aromatic carbocycles. The van der Waals surface area contributed by atoms with Gasteiger partial charge in [-0.15, -0.1) is 10.2 Å². The van der Waals surface area contributed by atoms with Gasteiger partial charge in [-0.25, -0.2) is 9.48 Å². The molecule has 0 bridgehead atoms. The van der Waals surface area contributed by atoms with E-state index in [4.69, 9.17) is 27.2 Å². The number of anilines is 1. The van der Waals surface area contributed by atoms with Gasteiger partial charge in [-0.05, 0) is 65.7 Å². The highest BCUT2D eigenvalue weighted by Gasteiger charge is 2.26. The van der Waals surface area contributed by atoms with Gasteiger partial charge in [0.1, 0.15) is 18.2 Å². The zero-order chi connectivity index (χ0) is 35.5. The van der Waals surface area contributed by atoms with Crippen LogP contribution in [0.4, 0.5) is 10.6 Å². The lowest BCUT2D eigenvalue weighted by atomic mass is 9.92. The number of pyridine rings is 1. The summed E-state index contributed by atoms with van der Waals surface area (Å²) in [6.45, 7) is 6.96. The second-order valence-corrected chi connectivity index (χ2v) is 14.6. The average Bonchev–Trinajstić information content (AvgIpc) is 3.76. The maximum atomic E-state index is 13.3. The van der Waals surface area contributed by atoms with E-state index in [0.717, 1.165) is 43.6 Å². The summed E-state index contributed by atoms with van der Waals surface area (Å²) in [6, 6.07) is 38.6. The Hall–Kier alpha value is -5.58. The van der Waals surface area contributed by atoms with Crippen molar-refractivity contribution in [3.05, 3.63) is 149 Å². The molecule has 2 N–H and O–H groups in total. The fraction of sp³-hybridized carbons (Fsp3) is 0.150. The molecule has 0 spiro atoms. The Labute approximate surface area is 305 Å². The van der Waals surface area contributed by atoms with Crippen molar-refractivity contribution >= 4 is 40.9 Å². The van der Waals surface area contributed by atoms with Crippen LogP contribution in [0.15, 0.2) is 137 Å². The quantitative estimate of drug-likeness (QED) is 0.152. The molecular weight excluding hydrogens is 678 g/mol. The fourth-order valence-electron chi connectivity index (χ4n) is 5.61. The van der Waals surface area contributed by atoms with Gasteiger partial charge in [-0.1, -0.05) is 105 Å². The number of ether oxygens (including phenoxy) is 1. The maximum Gasteiger partial charge on any atom is 0.320 e. The number of rotatable bonds is 10. The van der Waals surface area contributed by atoms with Gasteiger partial charge < -0.3 is 10.5 Å². The minimum absolute atomic E-state index is 0.228. The van der Waals surface area contributed by atoms with Crippen LogP contribution in [0.2, 0.25) is 5.02 Å². The van der Waals surface area contributed by atoms with Crippen molar-refractivity contribution < 1.29 is 9.53 Å².